The third kappa shape index (κ3) is 3.51. The predicted molar refractivity (Wildman–Crippen MR) is 93.6 cm³/mol. The van der Waals surface area contributed by atoms with Crippen LogP contribution in [0.1, 0.15) is 43.7 Å². The molecule has 112 valence electrons. The summed E-state index contributed by atoms with van der Waals surface area (Å²) in [4.78, 5) is 0. The van der Waals surface area contributed by atoms with E-state index in [1.54, 1.807) is 0 Å². The Balaban J connectivity index is 1.99. The van der Waals surface area contributed by atoms with Crippen LogP contribution < -0.4 is 0 Å². The zero-order chi connectivity index (χ0) is 15.2. The summed E-state index contributed by atoms with van der Waals surface area (Å²) in [5.74, 6) is 0.560. The smallest absolute Gasteiger partial charge is 0.100 e. The molecule has 0 unspecified atom stereocenters. The van der Waals surface area contributed by atoms with Crippen LogP contribution in [0.15, 0.2) is 70.9 Å². The van der Waals surface area contributed by atoms with Crippen molar-refractivity contribution in [2.24, 2.45) is 16.1 Å². The highest BCUT2D eigenvalue weighted by atomic mass is 15.2. The predicted octanol–water partition coefficient (Wildman–Crippen LogP) is 5.09. The van der Waals surface area contributed by atoms with Gasteiger partial charge in [0.25, 0.3) is 0 Å². The molecule has 1 atom stereocenters. The fourth-order valence-corrected chi connectivity index (χ4v) is 2.91. The quantitative estimate of drug-likeness (QED) is 0.555. The molecule has 0 bridgehead atoms. The van der Waals surface area contributed by atoms with Crippen molar-refractivity contribution in [1.82, 2.24) is 0 Å². The van der Waals surface area contributed by atoms with Crippen LogP contribution in [0, 0.1) is 5.92 Å². The molecule has 0 amide bonds. The fourth-order valence-electron chi connectivity index (χ4n) is 2.91. The lowest BCUT2D eigenvalue weighted by atomic mass is 9.89. The summed E-state index contributed by atoms with van der Waals surface area (Å²) in [7, 11) is 0. The number of nitrogens with zero attached hydrogens (tertiary/aromatic N) is 2. The first-order valence-corrected chi connectivity index (χ1v) is 8.10. The molecule has 2 heteroatoms. The van der Waals surface area contributed by atoms with Gasteiger partial charge in [0, 0.05) is 16.8 Å². The molecule has 1 saturated carbocycles. The summed E-state index contributed by atoms with van der Waals surface area (Å²) in [5, 5.41) is 9.26. The van der Waals surface area contributed by atoms with Gasteiger partial charge in [-0.25, -0.2) is 0 Å². The fraction of sp³-hybridized carbons (Fsp3) is 0.300. The molecule has 2 nitrogen and oxygen atoms in total. The van der Waals surface area contributed by atoms with E-state index >= 15 is 0 Å². The van der Waals surface area contributed by atoms with Crippen LogP contribution >= 0.6 is 0 Å². The first-order valence-electron chi connectivity index (χ1n) is 8.10. The van der Waals surface area contributed by atoms with Gasteiger partial charge < -0.3 is 0 Å². The average Bonchev–Trinajstić information content (AvgIpc) is 2.59. The lowest BCUT2D eigenvalue weighted by Crippen LogP contribution is -2.16. The molecular weight excluding hydrogens is 268 g/mol. The van der Waals surface area contributed by atoms with E-state index in [0.29, 0.717) is 5.92 Å². The zero-order valence-electron chi connectivity index (χ0n) is 13.1. The van der Waals surface area contributed by atoms with E-state index in [9.17, 15) is 0 Å². The molecule has 0 aliphatic heterocycles. The standard InChI is InChI=1S/C20H22N2/c1-16-10-8-9-15-19(16)21-22-20(17-11-4-2-5-12-17)18-13-6-3-7-14-18/h2-7,11-14,16H,8-10,15H2,1H3/b21-19-/t16-/m0/s1. The summed E-state index contributed by atoms with van der Waals surface area (Å²) in [6.45, 7) is 2.26. The van der Waals surface area contributed by atoms with Crippen LogP contribution in [-0.4, -0.2) is 11.4 Å². The summed E-state index contributed by atoms with van der Waals surface area (Å²) in [5.41, 5.74) is 4.42. The first kappa shape index (κ1) is 14.7. The van der Waals surface area contributed by atoms with Crippen LogP contribution in [0.2, 0.25) is 0 Å². The third-order valence-electron chi connectivity index (χ3n) is 4.26. The number of hydrogen-bond acceptors (Lipinski definition) is 2. The van der Waals surface area contributed by atoms with E-state index in [1.165, 1.54) is 25.0 Å². The molecule has 3 rings (SSSR count). The molecule has 0 radical (unpaired) electrons. The normalized spacial score (nSPS) is 19.9. The number of benzene rings is 2. The van der Waals surface area contributed by atoms with Crippen LogP contribution in [0.5, 0.6) is 0 Å². The molecule has 1 fully saturated rings. The Kier molecular flexibility index (Phi) is 4.79. The summed E-state index contributed by atoms with van der Waals surface area (Å²) in [6, 6.07) is 20.6. The molecule has 2 aromatic carbocycles. The lowest BCUT2D eigenvalue weighted by molar-refractivity contribution is 0.557. The first-order chi connectivity index (χ1) is 10.8. The molecule has 0 aromatic heterocycles. The molecular formula is C20H22N2. The minimum Gasteiger partial charge on any atom is -0.159 e. The highest BCUT2D eigenvalue weighted by molar-refractivity contribution is 6.13. The topological polar surface area (TPSA) is 24.7 Å². The van der Waals surface area contributed by atoms with Gasteiger partial charge in [-0.05, 0) is 25.2 Å². The van der Waals surface area contributed by atoms with Crippen LogP contribution in [0.4, 0.5) is 0 Å². The Hall–Kier alpha value is -2.22. The van der Waals surface area contributed by atoms with Gasteiger partial charge in [0.1, 0.15) is 5.71 Å². The summed E-state index contributed by atoms with van der Waals surface area (Å²) >= 11 is 0. The van der Waals surface area contributed by atoms with Crippen molar-refractivity contribution in [3.05, 3.63) is 71.8 Å². The largest absolute Gasteiger partial charge is 0.159 e. The maximum Gasteiger partial charge on any atom is 0.100 e. The second-order valence-corrected chi connectivity index (χ2v) is 5.92. The van der Waals surface area contributed by atoms with Gasteiger partial charge in [0.05, 0.1) is 0 Å². The van der Waals surface area contributed by atoms with Crippen molar-refractivity contribution in [3.8, 4) is 0 Å². The van der Waals surface area contributed by atoms with Gasteiger partial charge in [-0.15, -0.1) is 5.10 Å². The second-order valence-electron chi connectivity index (χ2n) is 5.92. The Morgan fingerprint density at radius 3 is 2.00 bits per heavy atom. The van der Waals surface area contributed by atoms with Crippen LogP contribution in [-0.2, 0) is 0 Å². The molecule has 0 N–H and O–H groups in total. The van der Waals surface area contributed by atoms with Crippen molar-refractivity contribution >= 4 is 11.4 Å². The zero-order valence-corrected chi connectivity index (χ0v) is 13.1. The average molecular weight is 290 g/mol. The monoisotopic (exact) mass is 290 g/mol. The van der Waals surface area contributed by atoms with Crippen LogP contribution in [0.25, 0.3) is 0 Å². The van der Waals surface area contributed by atoms with E-state index in [-0.39, 0.29) is 0 Å². The third-order valence-corrected chi connectivity index (χ3v) is 4.26. The highest BCUT2D eigenvalue weighted by Gasteiger charge is 2.16. The molecule has 0 heterocycles. The Morgan fingerprint density at radius 1 is 0.864 bits per heavy atom. The number of rotatable bonds is 3. The van der Waals surface area contributed by atoms with Crippen molar-refractivity contribution in [1.29, 1.82) is 0 Å². The maximum absolute atomic E-state index is 4.64. The highest BCUT2D eigenvalue weighted by Crippen LogP contribution is 2.21. The summed E-state index contributed by atoms with van der Waals surface area (Å²) in [6.07, 6.45) is 4.88. The number of hydrogen-bond donors (Lipinski definition) is 0. The second kappa shape index (κ2) is 7.17. The molecule has 1 aliphatic carbocycles. The Morgan fingerprint density at radius 2 is 1.45 bits per heavy atom. The summed E-state index contributed by atoms with van der Waals surface area (Å²) < 4.78 is 0. The molecule has 0 spiro atoms. The molecule has 0 saturated heterocycles. The van der Waals surface area contributed by atoms with E-state index in [4.69, 9.17) is 0 Å². The van der Waals surface area contributed by atoms with E-state index in [1.807, 2.05) is 36.4 Å². The van der Waals surface area contributed by atoms with Gasteiger partial charge in [-0.1, -0.05) is 74.0 Å². The molecule has 22 heavy (non-hydrogen) atoms. The van der Waals surface area contributed by atoms with Crippen molar-refractivity contribution in [2.45, 2.75) is 32.6 Å². The van der Waals surface area contributed by atoms with Gasteiger partial charge in [0.15, 0.2) is 0 Å². The van der Waals surface area contributed by atoms with Gasteiger partial charge in [-0.2, -0.15) is 5.10 Å². The van der Waals surface area contributed by atoms with Crippen molar-refractivity contribution in [2.75, 3.05) is 0 Å². The minimum atomic E-state index is 0.560. The van der Waals surface area contributed by atoms with E-state index in [0.717, 1.165) is 23.3 Å². The Labute approximate surface area is 132 Å². The minimum absolute atomic E-state index is 0.560. The Bertz CT molecular complexity index is 615. The van der Waals surface area contributed by atoms with E-state index in [2.05, 4.69) is 41.4 Å². The van der Waals surface area contributed by atoms with Gasteiger partial charge in [0.2, 0.25) is 0 Å². The van der Waals surface area contributed by atoms with Gasteiger partial charge >= 0.3 is 0 Å². The van der Waals surface area contributed by atoms with Crippen molar-refractivity contribution < 1.29 is 0 Å². The van der Waals surface area contributed by atoms with Crippen molar-refractivity contribution in [3.63, 3.8) is 0 Å². The van der Waals surface area contributed by atoms with E-state index < -0.39 is 0 Å². The SMILES string of the molecule is C[C@H]1CCCC/C1=N/N=C(c1ccccc1)c1ccccc1. The van der Waals surface area contributed by atoms with Crippen LogP contribution in [0.3, 0.4) is 0 Å². The lowest BCUT2D eigenvalue weighted by Gasteiger charge is -2.19. The maximum atomic E-state index is 4.64. The van der Waals surface area contributed by atoms with Gasteiger partial charge in [-0.3, -0.25) is 0 Å². The molecule has 1 aliphatic rings. The molecule has 2 aromatic rings.